The molecule has 4 N–H and O–H groups in total. The van der Waals surface area contributed by atoms with E-state index in [0.717, 1.165) is 0 Å². The molecule has 188 valence electrons. The number of aliphatic hydroxyl groups is 2. The van der Waals surface area contributed by atoms with Crippen molar-refractivity contribution in [1.82, 2.24) is 15.2 Å². The highest BCUT2D eigenvalue weighted by Gasteiger charge is 2.25. The molecular formula is C22H23Cl2FN4O6. The number of anilines is 1. The normalized spacial score (nSPS) is 12.7. The van der Waals surface area contributed by atoms with Gasteiger partial charge in [0.25, 0.3) is 0 Å². The molecule has 2 atom stereocenters. The highest BCUT2D eigenvalue weighted by molar-refractivity contribution is 6.31. The van der Waals surface area contributed by atoms with Crippen LogP contribution < -0.4 is 10.6 Å². The number of urea groups is 1. The molecule has 0 aliphatic rings. The molecule has 0 radical (unpaired) electrons. The van der Waals surface area contributed by atoms with E-state index in [1.807, 2.05) is 0 Å². The molecule has 0 aliphatic carbocycles. The Labute approximate surface area is 209 Å². The standard InChI is InChI=1S/C22H23Cl2FN4O6/c1-29(21(32)26-9-12-3-2-4-16(25)19(12)24)14(8-15(31)10-30)11-34-22(33)28-20-27-17-7-13(23)5-6-18(17)35-20/h2-7,14-15,30-31H,8-11H2,1H3,(H,26,32)(H,27,28,33)/t14-,15+/m0/s1. The second kappa shape index (κ2) is 12.0. The summed E-state index contributed by atoms with van der Waals surface area (Å²) in [6, 6.07) is 7.47. The SMILES string of the molecule is CN(C(=O)NCc1cccc(F)c1Cl)[C@H](COC(=O)Nc1nc2cc(Cl)ccc2o1)C[C@@H](O)CO. The van der Waals surface area contributed by atoms with E-state index in [0.29, 0.717) is 21.7 Å². The van der Waals surface area contributed by atoms with Crippen molar-refractivity contribution in [3.05, 3.63) is 57.8 Å². The maximum atomic E-state index is 13.6. The van der Waals surface area contributed by atoms with E-state index >= 15 is 0 Å². The van der Waals surface area contributed by atoms with Gasteiger partial charge in [-0.05, 0) is 36.2 Å². The van der Waals surface area contributed by atoms with E-state index in [2.05, 4.69) is 15.6 Å². The number of halogens is 3. The summed E-state index contributed by atoms with van der Waals surface area (Å²) in [7, 11) is 1.42. The van der Waals surface area contributed by atoms with Gasteiger partial charge in [0.2, 0.25) is 0 Å². The molecule has 0 bridgehead atoms. The van der Waals surface area contributed by atoms with Gasteiger partial charge in [0.15, 0.2) is 5.58 Å². The summed E-state index contributed by atoms with van der Waals surface area (Å²) in [5.74, 6) is -0.614. The topological polar surface area (TPSA) is 137 Å². The lowest BCUT2D eigenvalue weighted by molar-refractivity contribution is 0.0479. The number of aromatic nitrogens is 1. The number of fused-ring (bicyclic) bond motifs is 1. The largest absolute Gasteiger partial charge is 0.447 e. The van der Waals surface area contributed by atoms with E-state index in [-0.39, 0.29) is 30.6 Å². The fourth-order valence-corrected chi connectivity index (χ4v) is 3.48. The molecule has 0 fully saturated rings. The van der Waals surface area contributed by atoms with Crippen LogP contribution in [0.1, 0.15) is 12.0 Å². The third kappa shape index (κ3) is 7.18. The Hall–Kier alpha value is -3.12. The van der Waals surface area contributed by atoms with E-state index in [1.54, 1.807) is 24.3 Å². The number of hydrogen-bond donors (Lipinski definition) is 4. The van der Waals surface area contributed by atoms with E-state index < -0.39 is 36.7 Å². The maximum Gasteiger partial charge on any atom is 0.415 e. The monoisotopic (exact) mass is 528 g/mol. The van der Waals surface area contributed by atoms with Gasteiger partial charge in [-0.3, -0.25) is 0 Å². The highest BCUT2D eigenvalue weighted by atomic mass is 35.5. The first-order valence-electron chi connectivity index (χ1n) is 10.4. The van der Waals surface area contributed by atoms with Gasteiger partial charge >= 0.3 is 18.1 Å². The van der Waals surface area contributed by atoms with Crippen molar-refractivity contribution in [2.75, 3.05) is 25.6 Å². The van der Waals surface area contributed by atoms with Crippen LogP contribution in [-0.2, 0) is 11.3 Å². The van der Waals surface area contributed by atoms with Crippen molar-refractivity contribution in [2.24, 2.45) is 0 Å². The summed E-state index contributed by atoms with van der Waals surface area (Å²) >= 11 is 11.8. The van der Waals surface area contributed by atoms with Crippen LogP contribution >= 0.6 is 23.2 Å². The van der Waals surface area contributed by atoms with Crippen molar-refractivity contribution < 1.29 is 33.3 Å². The zero-order valence-corrected chi connectivity index (χ0v) is 20.0. The molecule has 0 saturated carbocycles. The molecule has 1 heterocycles. The number of nitrogens with zero attached hydrogens (tertiary/aromatic N) is 2. The number of benzene rings is 2. The number of aliphatic hydroxyl groups excluding tert-OH is 2. The highest BCUT2D eigenvalue weighted by Crippen LogP contribution is 2.22. The van der Waals surface area contributed by atoms with Crippen LogP contribution in [0.3, 0.4) is 0 Å². The Balaban J connectivity index is 1.59. The minimum atomic E-state index is -1.17. The summed E-state index contributed by atoms with van der Waals surface area (Å²) < 4.78 is 24.2. The van der Waals surface area contributed by atoms with E-state index in [1.165, 1.54) is 24.1 Å². The summed E-state index contributed by atoms with van der Waals surface area (Å²) in [6.07, 6.45) is -2.16. The van der Waals surface area contributed by atoms with Crippen LogP contribution in [0, 0.1) is 5.82 Å². The first-order chi connectivity index (χ1) is 16.7. The van der Waals surface area contributed by atoms with Gasteiger partial charge < -0.3 is 29.6 Å². The van der Waals surface area contributed by atoms with Gasteiger partial charge in [0, 0.05) is 18.6 Å². The molecule has 35 heavy (non-hydrogen) atoms. The maximum absolute atomic E-state index is 13.6. The first-order valence-corrected chi connectivity index (χ1v) is 11.2. The van der Waals surface area contributed by atoms with E-state index in [9.17, 15) is 24.2 Å². The molecule has 10 nitrogen and oxygen atoms in total. The Morgan fingerprint density at radius 3 is 2.80 bits per heavy atom. The predicted octanol–water partition coefficient (Wildman–Crippen LogP) is 3.78. The Bertz CT molecular complexity index is 1190. The Morgan fingerprint density at radius 1 is 1.29 bits per heavy atom. The number of nitrogens with one attached hydrogen (secondary N) is 2. The minimum Gasteiger partial charge on any atom is -0.447 e. The Morgan fingerprint density at radius 2 is 2.06 bits per heavy atom. The van der Waals surface area contributed by atoms with Crippen LogP contribution in [0.15, 0.2) is 40.8 Å². The number of carbonyl (C=O) groups excluding carboxylic acids is 2. The van der Waals surface area contributed by atoms with Crippen LogP contribution in [-0.4, -0.2) is 64.6 Å². The number of hydrogen-bond acceptors (Lipinski definition) is 7. The van der Waals surface area contributed by atoms with Gasteiger partial charge in [-0.25, -0.2) is 19.3 Å². The molecule has 13 heteroatoms. The number of likely N-dealkylation sites (N-methyl/N-ethyl adjacent to an activating group) is 1. The first kappa shape index (κ1) is 26.5. The molecule has 3 aromatic rings. The number of rotatable bonds is 9. The van der Waals surface area contributed by atoms with Gasteiger partial charge in [-0.15, -0.1) is 0 Å². The molecule has 2 aromatic carbocycles. The summed E-state index contributed by atoms with van der Waals surface area (Å²) in [6.45, 7) is -0.930. The molecule has 3 rings (SSSR count). The summed E-state index contributed by atoms with van der Waals surface area (Å²) in [4.78, 5) is 30.2. The van der Waals surface area contributed by atoms with Crippen molar-refractivity contribution in [1.29, 1.82) is 0 Å². The second-order valence-corrected chi connectivity index (χ2v) is 8.38. The van der Waals surface area contributed by atoms with Crippen LogP contribution in [0.2, 0.25) is 10.0 Å². The predicted molar refractivity (Wildman–Crippen MR) is 127 cm³/mol. The molecule has 0 aliphatic heterocycles. The third-order valence-electron chi connectivity index (χ3n) is 5.05. The molecule has 1 aromatic heterocycles. The van der Waals surface area contributed by atoms with Crippen molar-refractivity contribution in [2.45, 2.75) is 25.1 Å². The zero-order chi connectivity index (χ0) is 25.5. The third-order valence-corrected chi connectivity index (χ3v) is 5.71. The number of ether oxygens (including phenoxy) is 1. The van der Waals surface area contributed by atoms with Gasteiger partial charge in [-0.1, -0.05) is 35.3 Å². The molecule has 3 amide bonds. The average Bonchev–Trinajstić information content (AvgIpc) is 3.22. The molecular weight excluding hydrogens is 506 g/mol. The summed E-state index contributed by atoms with van der Waals surface area (Å²) in [5, 5.41) is 24.3. The number of carbonyl (C=O) groups is 2. The minimum absolute atomic E-state index is 0.0574. The van der Waals surface area contributed by atoms with Crippen molar-refractivity contribution in [3.8, 4) is 0 Å². The van der Waals surface area contributed by atoms with Gasteiger partial charge in [0.1, 0.15) is 17.9 Å². The number of amides is 3. The lowest BCUT2D eigenvalue weighted by Crippen LogP contribution is -2.47. The van der Waals surface area contributed by atoms with Crippen LogP contribution in [0.4, 0.5) is 20.0 Å². The molecule has 0 saturated heterocycles. The molecule has 0 unspecified atom stereocenters. The van der Waals surface area contributed by atoms with Crippen LogP contribution in [0.5, 0.6) is 0 Å². The smallest absolute Gasteiger partial charge is 0.415 e. The lowest BCUT2D eigenvalue weighted by Gasteiger charge is -2.29. The van der Waals surface area contributed by atoms with Crippen molar-refractivity contribution >= 4 is 52.4 Å². The van der Waals surface area contributed by atoms with Crippen LogP contribution in [0.25, 0.3) is 11.1 Å². The lowest BCUT2D eigenvalue weighted by atomic mass is 10.1. The van der Waals surface area contributed by atoms with Gasteiger partial charge in [-0.2, -0.15) is 4.98 Å². The Kier molecular flexibility index (Phi) is 9.10. The fourth-order valence-electron chi connectivity index (χ4n) is 3.12. The fraction of sp³-hybridized carbons (Fsp3) is 0.318. The zero-order valence-electron chi connectivity index (χ0n) is 18.5. The van der Waals surface area contributed by atoms with E-state index in [4.69, 9.17) is 32.4 Å². The average molecular weight is 529 g/mol. The summed E-state index contributed by atoms with van der Waals surface area (Å²) in [5.41, 5.74) is 1.21. The second-order valence-electron chi connectivity index (χ2n) is 7.56. The van der Waals surface area contributed by atoms with Gasteiger partial charge in [0.05, 0.1) is 23.8 Å². The molecule has 0 spiro atoms. The quantitative estimate of drug-likeness (QED) is 0.331. The van der Waals surface area contributed by atoms with Crippen molar-refractivity contribution in [3.63, 3.8) is 0 Å². The number of oxazole rings is 1.